The van der Waals surface area contributed by atoms with E-state index in [1.807, 2.05) is 0 Å². The minimum atomic E-state index is -3.43. The molecule has 32 heavy (non-hydrogen) atoms. The lowest BCUT2D eigenvalue weighted by Gasteiger charge is -2.39. The quantitative estimate of drug-likeness (QED) is 0.665. The van der Waals surface area contributed by atoms with Crippen LogP contribution in [-0.2, 0) is 24.2 Å². The van der Waals surface area contributed by atoms with Crippen molar-refractivity contribution in [3.8, 4) is 0 Å². The number of sulfone groups is 1. The van der Waals surface area contributed by atoms with E-state index in [0.29, 0.717) is 31.5 Å². The molecule has 0 radical (unpaired) electrons. The van der Waals surface area contributed by atoms with Gasteiger partial charge in [0.2, 0.25) is 11.8 Å². The number of anilines is 1. The standard InChI is InChI=1S/C23H31N3O5S/c1-32(30,31)20-8-4-3-7-18(20)26-14-11-17(19(27)15-26)24-22(29)23(12-5-2-6-13-23)25-21(28)16-9-10-16/h3-4,7-8,16-17H,2,5-6,9-15H2,1H3,(H,24,29)(H,25,28). The molecule has 0 aromatic heterocycles. The van der Waals surface area contributed by atoms with Crippen molar-refractivity contribution in [2.24, 2.45) is 5.92 Å². The second-order valence-electron chi connectivity index (χ2n) is 9.35. The number of nitrogens with one attached hydrogen (secondary N) is 2. The van der Waals surface area contributed by atoms with Crippen LogP contribution in [0.4, 0.5) is 5.69 Å². The zero-order valence-electron chi connectivity index (χ0n) is 18.4. The van der Waals surface area contributed by atoms with E-state index in [2.05, 4.69) is 10.6 Å². The second-order valence-corrected chi connectivity index (χ2v) is 11.3. The molecule has 1 unspecified atom stereocenters. The van der Waals surface area contributed by atoms with Crippen LogP contribution in [0.1, 0.15) is 51.4 Å². The Bertz CT molecular complexity index is 1010. The van der Waals surface area contributed by atoms with Gasteiger partial charge in [-0.15, -0.1) is 0 Å². The lowest BCUT2D eigenvalue weighted by Crippen LogP contribution is -2.63. The molecule has 1 aromatic carbocycles. The fourth-order valence-corrected chi connectivity index (χ4v) is 5.66. The molecular formula is C23H31N3O5S. The number of amides is 2. The lowest BCUT2D eigenvalue weighted by atomic mass is 9.80. The number of carbonyl (C=O) groups excluding carboxylic acids is 3. The molecule has 1 aromatic rings. The third-order valence-corrected chi connectivity index (χ3v) is 7.93. The first kappa shape index (κ1) is 22.8. The van der Waals surface area contributed by atoms with Crippen molar-refractivity contribution in [3.63, 3.8) is 0 Å². The van der Waals surface area contributed by atoms with E-state index in [0.717, 1.165) is 38.4 Å². The van der Waals surface area contributed by atoms with E-state index in [-0.39, 0.29) is 35.0 Å². The summed E-state index contributed by atoms with van der Waals surface area (Å²) in [6.07, 6.45) is 7.23. The number of Topliss-reactive ketones (excluding diaryl/α,β-unsaturated/α-hetero) is 1. The van der Waals surface area contributed by atoms with E-state index in [1.54, 1.807) is 29.2 Å². The number of hydrogen-bond donors (Lipinski definition) is 2. The maximum absolute atomic E-state index is 13.3. The lowest BCUT2D eigenvalue weighted by molar-refractivity contribution is -0.137. The van der Waals surface area contributed by atoms with E-state index in [1.165, 1.54) is 0 Å². The maximum Gasteiger partial charge on any atom is 0.246 e. The Labute approximate surface area is 189 Å². The Hall–Kier alpha value is -2.42. The van der Waals surface area contributed by atoms with Gasteiger partial charge < -0.3 is 15.5 Å². The van der Waals surface area contributed by atoms with Crippen molar-refractivity contribution in [1.29, 1.82) is 0 Å². The largest absolute Gasteiger partial charge is 0.363 e. The molecule has 9 heteroatoms. The van der Waals surface area contributed by atoms with Crippen molar-refractivity contribution < 1.29 is 22.8 Å². The van der Waals surface area contributed by atoms with Crippen molar-refractivity contribution >= 4 is 33.1 Å². The summed E-state index contributed by atoms with van der Waals surface area (Å²) in [6.45, 7) is 0.476. The molecule has 1 aliphatic heterocycles. The molecular weight excluding hydrogens is 430 g/mol. The normalized spacial score (nSPS) is 23.5. The molecule has 2 aliphatic carbocycles. The molecule has 0 spiro atoms. The number of rotatable bonds is 6. The van der Waals surface area contributed by atoms with Gasteiger partial charge in [0.15, 0.2) is 15.6 Å². The molecule has 3 fully saturated rings. The van der Waals surface area contributed by atoms with E-state index < -0.39 is 21.4 Å². The fraction of sp³-hybridized carbons (Fsp3) is 0.609. The Morgan fingerprint density at radius 3 is 2.38 bits per heavy atom. The smallest absolute Gasteiger partial charge is 0.246 e. The number of carbonyl (C=O) groups is 3. The van der Waals surface area contributed by atoms with Crippen LogP contribution in [0, 0.1) is 5.92 Å². The molecule has 0 bridgehead atoms. The predicted molar refractivity (Wildman–Crippen MR) is 120 cm³/mol. The van der Waals surface area contributed by atoms with Crippen LogP contribution in [-0.4, -0.2) is 56.9 Å². The van der Waals surface area contributed by atoms with Gasteiger partial charge in [0.25, 0.3) is 0 Å². The van der Waals surface area contributed by atoms with E-state index in [4.69, 9.17) is 0 Å². The summed E-state index contributed by atoms with van der Waals surface area (Å²) in [4.78, 5) is 40.6. The number of benzene rings is 1. The molecule has 174 valence electrons. The van der Waals surface area contributed by atoms with Crippen molar-refractivity contribution in [3.05, 3.63) is 24.3 Å². The topological polar surface area (TPSA) is 113 Å². The minimum absolute atomic E-state index is 0.0152. The van der Waals surface area contributed by atoms with Crippen LogP contribution in [0.15, 0.2) is 29.2 Å². The van der Waals surface area contributed by atoms with Gasteiger partial charge in [-0.2, -0.15) is 0 Å². The highest BCUT2D eigenvalue weighted by Gasteiger charge is 2.45. The van der Waals surface area contributed by atoms with Gasteiger partial charge in [0.05, 0.1) is 23.2 Å². The molecule has 1 heterocycles. The van der Waals surface area contributed by atoms with E-state index >= 15 is 0 Å². The Kier molecular flexibility index (Phi) is 6.29. The van der Waals surface area contributed by atoms with Crippen molar-refractivity contribution in [2.75, 3.05) is 24.2 Å². The highest BCUT2D eigenvalue weighted by Crippen LogP contribution is 2.34. The number of para-hydroxylation sites is 1. The number of ketones is 1. The van der Waals surface area contributed by atoms with Crippen molar-refractivity contribution in [2.45, 2.75) is 67.8 Å². The predicted octanol–water partition coefficient (Wildman–Crippen LogP) is 1.58. The summed E-state index contributed by atoms with van der Waals surface area (Å²) in [5.41, 5.74) is -0.424. The Morgan fingerprint density at radius 1 is 1.06 bits per heavy atom. The second kappa shape index (κ2) is 8.84. The molecule has 2 N–H and O–H groups in total. The van der Waals surface area contributed by atoms with Crippen LogP contribution in [0.5, 0.6) is 0 Å². The summed E-state index contributed by atoms with van der Waals surface area (Å²) < 4.78 is 24.3. The summed E-state index contributed by atoms with van der Waals surface area (Å²) >= 11 is 0. The zero-order chi connectivity index (χ0) is 22.9. The molecule has 8 nitrogen and oxygen atoms in total. The van der Waals surface area contributed by atoms with Gasteiger partial charge in [-0.25, -0.2) is 8.42 Å². The first-order chi connectivity index (χ1) is 15.2. The van der Waals surface area contributed by atoms with Crippen molar-refractivity contribution in [1.82, 2.24) is 10.6 Å². The van der Waals surface area contributed by atoms with Crippen LogP contribution in [0.25, 0.3) is 0 Å². The number of nitrogens with zero attached hydrogens (tertiary/aromatic N) is 1. The third kappa shape index (κ3) is 4.82. The first-order valence-electron chi connectivity index (χ1n) is 11.4. The van der Waals surface area contributed by atoms with Gasteiger partial charge in [0, 0.05) is 18.7 Å². The third-order valence-electron chi connectivity index (χ3n) is 6.79. The number of hydrogen-bond acceptors (Lipinski definition) is 6. The van der Waals surface area contributed by atoms with E-state index in [9.17, 15) is 22.8 Å². The van der Waals surface area contributed by atoms with Crippen LogP contribution in [0.2, 0.25) is 0 Å². The van der Waals surface area contributed by atoms with Crippen LogP contribution >= 0.6 is 0 Å². The number of piperidine rings is 1. The Balaban J connectivity index is 1.44. The molecule has 2 amide bonds. The van der Waals surface area contributed by atoms with Gasteiger partial charge in [0.1, 0.15) is 5.54 Å². The SMILES string of the molecule is CS(=O)(=O)c1ccccc1N1CCC(NC(=O)C2(NC(=O)C3CC3)CCCCC2)C(=O)C1. The summed E-state index contributed by atoms with van der Waals surface area (Å²) in [6, 6.07) is 6.01. The molecule has 1 atom stereocenters. The monoisotopic (exact) mass is 461 g/mol. The maximum atomic E-state index is 13.3. The first-order valence-corrected chi connectivity index (χ1v) is 13.3. The van der Waals surface area contributed by atoms with Gasteiger partial charge in [-0.1, -0.05) is 31.4 Å². The summed E-state index contributed by atoms with van der Waals surface area (Å²) in [7, 11) is -3.43. The van der Waals surface area contributed by atoms with Gasteiger partial charge in [-0.3, -0.25) is 14.4 Å². The average Bonchev–Trinajstić information content (AvgIpc) is 3.61. The average molecular weight is 462 g/mol. The molecule has 3 aliphatic rings. The highest BCUT2D eigenvalue weighted by atomic mass is 32.2. The summed E-state index contributed by atoms with van der Waals surface area (Å²) in [5, 5.41) is 5.93. The summed E-state index contributed by atoms with van der Waals surface area (Å²) in [5.74, 6) is -0.469. The van der Waals surface area contributed by atoms with Gasteiger partial charge in [-0.05, 0) is 44.2 Å². The zero-order valence-corrected chi connectivity index (χ0v) is 19.2. The molecule has 4 rings (SSSR count). The molecule has 2 saturated carbocycles. The highest BCUT2D eigenvalue weighted by molar-refractivity contribution is 7.90. The Morgan fingerprint density at radius 2 is 1.75 bits per heavy atom. The van der Waals surface area contributed by atoms with Crippen LogP contribution < -0.4 is 15.5 Å². The molecule has 1 saturated heterocycles. The van der Waals surface area contributed by atoms with Crippen LogP contribution in [0.3, 0.4) is 0 Å². The fourth-order valence-electron chi connectivity index (χ4n) is 4.76. The van der Waals surface area contributed by atoms with Gasteiger partial charge >= 0.3 is 0 Å². The minimum Gasteiger partial charge on any atom is -0.363 e.